The number of carboxylic acid groups (broad SMARTS) is 1. The van der Waals surface area contributed by atoms with Crippen molar-refractivity contribution in [2.24, 2.45) is 0 Å². The fourth-order valence-corrected chi connectivity index (χ4v) is 2.30. The molecule has 0 aromatic rings. The lowest BCUT2D eigenvalue weighted by Gasteiger charge is -2.02. The van der Waals surface area contributed by atoms with Gasteiger partial charge in [-0.15, -0.1) is 0 Å². The number of aliphatic carboxylic acids is 1. The van der Waals surface area contributed by atoms with Gasteiger partial charge in [0.2, 0.25) is 0 Å². The van der Waals surface area contributed by atoms with E-state index in [4.69, 9.17) is 5.11 Å². The van der Waals surface area contributed by atoms with Gasteiger partial charge in [-0.1, -0.05) is 44.8 Å². The van der Waals surface area contributed by atoms with Gasteiger partial charge < -0.3 is 5.11 Å². The number of ketones is 1. The molecule has 0 fully saturated rings. The van der Waals surface area contributed by atoms with E-state index in [1.165, 1.54) is 6.42 Å². The molecule has 0 bridgehead atoms. The molecule has 21 heavy (non-hydrogen) atoms. The van der Waals surface area contributed by atoms with Crippen molar-refractivity contribution in [1.29, 1.82) is 0 Å². The van der Waals surface area contributed by atoms with Gasteiger partial charge in [-0.3, -0.25) is 9.59 Å². The van der Waals surface area contributed by atoms with Crippen molar-refractivity contribution in [1.82, 2.24) is 0 Å². The number of rotatable bonds is 15. The second-order valence-corrected chi connectivity index (χ2v) is 5.68. The van der Waals surface area contributed by atoms with Crippen LogP contribution in [0.1, 0.15) is 90.4 Å². The Morgan fingerprint density at radius 3 is 1.86 bits per heavy atom. The van der Waals surface area contributed by atoms with Crippen molar-refractivity contribution < 1.29 is 14.7 Å². The van der Waals surface area contributed by atoms with E-state index in [0.717, 1.165) is 64.2 Å². The number of carbonyl (C=O) groups is 2. The van der Waals surface area contributed by atoms with Crippen molar-refractivity contribution >= 4 is 11.8 Å². The molecule has 0 aliphatic rings. The van der Waals surface area contributed by atoms with Crippen LogP contribution in [0.5, 0.6) is 0 Å². The lowest BCUT2D eigenvalue weighted by atomic mass is 10.0. The summed E-state index contributed by atoms with van der Waals surface area (Å²) in [5, 5.41) is 8.50. The van der Waals surface area contributed by atoms with E-state index in [0.29, 0.717) is 12.2 Å². The van der Waals surface area contributed by atoms with Crippen LogP contribution in [0.25, 0.3) is 0 Å². The van der Waals surface area contributed by atoms with E-state index >= 15 is 0 Å². The summed E-state index contributed by atoms with van der Waals surface area (Å²) in [5.41, 5.74) is 0. The molecule has 0 aliphatic carbocycles. The standard InChI is InChI=1S/C18H32O3/c1-2-3-4-5-6-8-11-14-17(19)15-12-9-7-10-13-16-18(20)21/h3-4H,2,5-16H2,1H3,(H,20,21). The third-order valence-corrected chi connectivity index (χ3v) is 3.58. The molecule has 0 saturated carbocycles. The molecule has 3 heteroatoms. The molecule has 1 N–H and O–H groups in total. The highest BCUT2D eigenvalue weighted by Gasteiger charge is 2.02. The molecule has 0 aliphatic heterocycles. The van der Waals surface area contributed by atoms with Crippen molar-refractivity contribution in [3.63, 3.8) is 0 Å². The van der Waals surface area contributed by atoms with E-state index in [9.17, 15) is 9.59 Å². The largest absolute Gasteiger partial charge is 0.481 e. The van der Waals surface area contributed by atoms with Crippen molar-refractivity contribution in [2.75, 3.05) is 0 Å². The zero-order chi connectivity index (χ0) is 15.8. The fourth-order valence-electron chi connectivity index (χ4n) is 2.30. The first-order valence-electron chi connectivity index (χ1n) is 8.55. The average molecular weight is 296 g/mol. The Bertz CT molecular complexity index is 295. The van der Waals surface area contributed by atoms with Crippen molar-refractivity contribution in [3.05, 3.63) is 12.2 Å². The molecule has 0 amide bonds. The minimum atomic E-state index is -0.713. The Hall–Kier alpha value is -1.12. The summed E-state index contributed by atoms with van der Waals surface area (Å²) in [5.74, 6) is -0.319. The van der Waals surface area contributed by atoms with Crippen LogP contribution in [0.15, 0.2) is 12.2 Å². The molecule has 0 heterocycles. The predicted octanol–water partition coefficient (Wildman–Crippen LogP) is 5.29. The number of unbranched alkanes of at least 4 members (excludes halogenated alkanes) is 7. The number of allylic oxidation sites excluding steroid dienone is 2. The Morgan fingerprint density at radius 1 is 0.762 bits per heavy atom. The summed E-state index contributed by atoms with van der Waals surface area (Å²) < 4.78 is 0. The van der Waals surface area contributed by atoms with E-state index in [1.54, 1.807) is 0 Å². The van der Waals surface area contributed by atoms with Crippen LogP contribution in [0.3, 0.4) is 0 Å². The first-order chi connectivity index (χ1) is 10.2. The number of hydrogen-bond acceptors (Lipinski definition) is 2. The predicted molar refractivity (Wildman–Crippen MR) is 87.5 cm³/mol. The van der Waals surface area contributed by atoms with Gasteiger partial charge >= 0.3 is 5.97 Å². The maximum absolute atomic E-state index is 11.7. The third-order valence-electron chi connectivity index (χ3n) is 3.58. The minimum Gasteiger partial charge on any atom is -0.481 e. The molecule has 0 rings (SSSR count). The second kappa shape index (κ2) is 15.3. The molecule has 3 nitrogen and oxygen atoms in total. The highest BCUT2D eigenvalue weighted by atomic mass is 16.4. The minimum absolute atomic E-state index is 0.270. The van der Waals surface area contributed by atoms with E-state index in [-0.39, 0.29) is 6.42 Å². The van der Waals surface area contributed by atoms with Gasteiger partial charge in [0.1, 0.15) is 5.78 Å². The molecular weight excluding hydrogens is 264 g/mol. The molecule has 0 saturated heterocycles. The lowest BCUT2D eigenvalue weighted by molar-refractivity contribution is -0.137. The summed E-state index contributed by atoms with van der Waals surface area (Å²) in [7, 11) is 0. The first kappa shape index (κ1) is 19.9. The number of carboxylic acids is 1. The smallest absolute Gasteiger partial charge is 0.303 e. The molecule has 0 aromatic carbocycles. The van der Waals surface area contributed by atoms with Gasteiger partial charge in [-0.2, -0.15) is 0 Å². The van der Waals surface area contributed by atoms with Crippen LogP contribution in [-0.4, -0.2) is 16.9 Å². The topological polar surface area (TPSA) is 54.4 Å². The van der Waals surface area contributed by atoms with Crippen LogP contribution < -0.4 is 0 Å². The third kappa shape index (κ3) is 16.8. The van der Waals surface area contributed by atoms with Gasteiger partial charge in [0, 0.05) is 19.3 Å². The van der Waals surface area contributed by atoms with Crippen LogP contribution in [0.2, 0.25) is 0 Å². The Labute approximate surface area is 129 Å². The zero-order valence-electron chi connectivity index (χ0n) is 13.6. The second-order valence-electron chi connectivity index (χ2n) is 5.68. The van der Waals surface area contributed by atoms with E-state index in [2.05, 4.69) is 19.1 Å². The van der Waals surface area contributed by atoms with Gasteiger partial charge in [0.25, 0.3) is 0 Å². The Balaban J connectivity index is 3.23. The van der Waals surface area contributed by atoms with Gasteiger partial charge in [0.15, 0.2) is 0 Å². The van der Waals surface area contributed by atoms with Gasteiger partial charge in [-0.25, -0.2) is 0 Å². The number of Topliss-reactive ketones (excluding diaryl/α,β-unsaturated/α-hetero) is 1. The molecular formula is C18H32O3. The summed E-state index contributed by atoms with van der Waals surface area (Å²) in [6.45, 7) is 2.14. The summed E-state index contributed by atoms with van der Waals surface area (Å²) in [6.07, 6.45) is 16.5. The first-order valence-corrected chi connectivity index (χ1v) is 8.55. The van der Waals surface area contributed by atoms with Crippen molar-refractivity contribution in [3.8, 4) is 0 Å². The molecule has 122 valence electrons. The normalized spacial score (nSPS) is 11.1. The monoisotopic (exact) mass is 296 g/mol. The summed E-state index contributed by atoms with van der Waals surface area (Å²) in [4.78, 5) is 22.0. The van der Waals surface area contributed by atoms with Gasteiger partial charge in [-0.05, 0) is 38.5 Å². The Kier molecular flexibility index (Phi) is 14.5. The van der Waals surface area contributed by atoms with Crippen LogP contribution in [0, 0.1) is 0 Å². The SMILES string of the molecule is CCC=CCCCCCC(=O)CCCCCCCC(=O)O. The molecule has 0 spiro atoms. The summed E-state index contributed by atoms with van der Waals surface area (Å²) >= 11 is 0. The van der Waals surface area contributed by atoms with Crippen LogP contribution in [-0.2, 0) is 9.59 Å². The molecule has 0 atom stereocenters. The highest BCUT2D eigenvalue weighted by molar-refractivity contribution is 5.78. The molecule has 0 unspecified atom stereocenters. The van der Waals surface area contributed by atoms with Crippen LogP contribution >= 0.6 is 0 Å². The maximum atomic E-state index is 11.7. The quantitative estimate of drug-likeness (QED) is 0.330. The zero-order valence-corrected chi connectivity index (χ0v) is 13.6. The van der Waals surface area contributed by atoms with E-state index in [1.807, 2.05) is 0 Å². The fraction of sp³-hybridized carbons (Fsp3) is 0.778. The maximum Gasteiger partial charge on any atom is 0.303 e. The number of hydrogen-bond donors (Lipinski definition) is 1. The summed E-state index contributed by atoms with van der Waals surface area (Å²) in [6, 6.07) is 0. The highest BCUT2D eigenvalue weighted by Crippen LogP contribution is 2.10. The average Bonchev–Trinajstić information content (AvgIpc) is 2.45. The van der Waals surface area contributed by atoms with E-state index < -0.39 is 5.97 Å². The van der Waals surface area contributed by atoms with Crippen molar-refractivity contribution in [2.45, 2.75) is 90.4 Å². The molecule has 0 radical (unpaired) electrons. The molecule has 0 aromatic heterocycles. The number of carbonyl (C=O) groups excluding carboxylic acids is 1. The lowest BCUT2D eigenvalue weighted by Crippen LogP contribution is -1.98. The van der Waals surface area contributed by atoms with Crippen LogP contribution in [0.4, 0.5) is 0 Å². The Morgan fingerprint density at radius 2 is 1.29 bits per heavy atom. The van der Waals surface area contributed by atoms with Gasteiger partial charge in [0.05, 0.1) is 0 Å².